The van der Waals surface area contributed by atoms with Crippen LogP contribution in [-0.4, -0.2) is 25.1 Å². The van der Waals surface area contributed by atoms with Crippen LogP contribution in [0, 0.1) is 5.82 Å². The molecule has 118 valence electrons. The number of benzene rings is 2. The molecular formula is C16H13FN2O3S. The lowest BCUT2D eigenvalue weighted by Crippen LogP contribution is -2.12. The van der Waals surface area contributed by atoms with E-state index in [-0.39, 0.29) is 11.3 Å². The first-order valence-corrected chi connectivity index (χ1v) is 7.52. The van der Waals surface area contributed by atoms with Crippen molar-refractivity contribution in [2.75, 3.05) is 19.5 Å². The number of nitrogens with zero attached hydrogens (tertiary/aromatic N) is 1. The van der Waals surface area contributed by atoms with Gasteiger partial charge >= 0.3 is 0 Å². The van der Waals surface area contributed by atoms with Crippen LogP contribution in [0.1, 0.15) is 10.4 Å². The second-order valence-electron chi connectivity index (χ2n) is 4.66. The summed E-state index contributed by atoms with van der Waals surface area (Å²) in [7, 11) is 2.96. The van der Waals surface area contributed by atoms with Crippen molar-refractivity contribution in [2.45, 2.75) is 0 Å². The zero-order chi connectivity index (χ0) is 16.4. The van der Waals surface area contributed by atoms with Crippen LogP contribution in [0.4, 0.5) is 9.52 Å². The quantitative estimate of drug-likeness (QED) is 0.791. The highest BCUT2D eigenvalue weighted by Gasteiger charge is 2.13. The number of ether oxygens (including phenoxy) is 2. The van der Waals surface area contributed by atoms with Crippen molar-refractivity contribution in [2.24, 2.45) is 0 Å². The molecule has 1 heterocycles. The molecule has 0 aliphatic heterocycles. The Morgan fingerprint density at radius 3 is 2.70 bits per heavy atom. The summed E-state index contributed by atoms with van der Waals surface area (Å²) in [4.78, 5) is 16.5. The van der Waals surface area contributed by atoms with Gasteiger partial charge in [-0.25, -0.2) is 9.37 Å². The van der Waals surface area contributed by atoms with Crippen molar-refractivity contribution in [3.8, 4) is 11.5 Å². The highest BCUT2D eigenvalue weighted by molar-refractivity contribution is 7.22. The lowest BCUT2D eigenvalue weighted by molar-refractivity contribution is 0.102. The number of amides is 1. The van der Waals surface area contributed by atoms with Gasteiger partial charge in [0.05, 0.1) is 24.4 Å². The minimum absolute atomic E-state index is 0.0913. The molecule has 0 aliphatic rings. The summed E-state index contributed by atoms with van der Waals surface area (Å²) < 4.78 is 24.5. The number of halogens is 1. The number of aromatic nitrogens is 1. The van der Waals surface area contributed by atoms with Gasteiger partial charge in [-0.2, -0.15) is 0 Å². The predicted molar refractivity (Wildman–Crippen MR) is 87.1 cm³/mol. The molecule has 0 radical (unpaired) electrons. The lowest BCUT2D eigenvalue weighted by atomic mass is 10.2. The van der Waals surface area contributed by atoms with Gasteiger partial charge in [0.1, 0.15) is 5.75 Å². The fraction of sp³-hybridized carbons (Fsp3) is 0.125. The summed E-state index contributed by atoms with van der Waals surface area (Å²) in [6.07, 6.45) is 0. The van der Waals surface area contributed by atoms with Crippen LogP contribution in [0.5, 0.6) is 11.5 Å². The van der Waals surface area contributed by atoms with Gasteiger partial charge in [0, 0.05) is 5.56 Å². The predicted octanol–water partition coefficient (Wildman–Crippen LogP) is 3.70. The first-order chi connectivity index (χ1) is 11.1. The zero-order valence-electron chi connectivity index (χ0n) is 12.4. The number of hydrogen-bond donors (Lipinski definition) is 1. The monoisotopic (exact) mass is 332 g/mol. The third-order valence-corrected chi connectivity index (χ3v) is 4.16. The number of rotatable bonds is 4. The molecule has 0 spiro atoms. The van der Waals surface area contributed by atoms with Gasteiger partial charge in [0.15, 0.2) is 16.7 Å². The van der Waals surface area contributed by atoms with Crippen LogP contribution in [0.3, 0.4) is 0 Å². The van der Waals surface area contributed by atoms with Gasteiger partial charge < -0.3 is 9.47 Å². The molecule has 2 aromatic carbocycles. The second kappa shape index (κ2) is 6.21. The van der Waals surface area contributed by atoms with Crippen molar-refractivity contribution >= 4 is 32.6 Å². The van der Waals surface area contributed by atoms with Crippen molar-refractivity contribution < 1.29 is 18.7 Å². The molecule has 1 aromatic heterocycles. The van der Waals surface area contributed by atoms with Crippen LogP contribution in [0.2, 0.25) is 0 Å². The Hall–Kier alpha value is -2.67. The summed E-state index contributed by atoms with van der Waals surface area (Å²) in [5.41, 5.74) is 0.951. The molecule has 23 heavy (non-hydrogen) atoms. The minimum atomic E-state index is -0.589. The highest BCUT2D eigenvalue weighted by Crippen LogP contribution is 2.29. The van der Waals surface area contributed by atoms with Crippen LogP contribution < -0.4 is 14.8 Å². The first kappa shape index (κ1) is 15.2. The van der Waals surface area contributed by atoms with Crippen molar-refractivity contribution in [3.63, 3.8) is 0 Å². The largest absolute Gasteiger partial charge is 0.497 e. The number of carbonyl (C=O) groups is 1. The SMILES string of the molecule is COc1ccc2nc(NC(=O)c3ccc(OC)c(F)c3)sc2c1. The molecule has 0 bridgehead atoms. The molecule has 0 fully saturated rings. The van der Waals surface area contributed by atoms with E-state index in [2.05, 4.69) is 10.3 Å². The molecule has 1 N–H and O–H groups in total. The van der Waals surface area contributed by atoms with Gasteiger partial charge in [-0.1, -0.05) is 11.3 Å². The third kappa shape index (κ3) is 3.09. The fourth-order valence-electron chi connectivity index (χ4n) is 2.06. The van der Waals surface area contributed by atoms with E-state index in [0.29, 0.717) is 5.13 Å². The Morgan fingerprint density at radius 1 is 1.17 bits per heavy atom. The standard InChI is InChI=1S/C16H13FN2O3S/c1-21-10-4-5-12-14(8-10)23-16(18-12)19-15(20)9-3-6-13(22-2)11(17)7-9/h3-8H,1-2H3,(H,18,19,20). The van der Waals surface area contributed by atoms with E-state index >= 15 is 0 Å². The average Bonchev–Trinajstić information content (AvgIpc) is 2.95. The minimum Gasteiger partial charge on any atom is -0.497 e. The number of anilines is 1. The Kier molecular flexibility index (Phi) is 4.12. The maximum Gasteiger partial charge on any atom is 0.257 e. The Bertz CT molecular complexity index is 879. The van der Waals surface area contributed by atoms with E-state index in [1.54, 1.807) is 13.2 Å². The highest BCUT2D eigenvalue weighted by atomic mass is 32.1. The van der Waals surface area contributed by atoms with Gasteiger partial charge in [-0.05, 0) is 36.4 Å². The maximum atomic E-state index is 13.7. The van der Waals surface area contributed by atoms with E-state index < -0.39 is 11.7 Å². The smallest absolute Gasteiger partial charge is 0.257 e. The lowest BCUT2D eigenvalue weighted by Gasteiger charge is -2.04. The molecule has 0 saturated carbocycles. The van der Waals surface area contributed by atoms with Gasteiger partial charge in [0.2, 0.25) is 0 Å². The number of nitrogens with one attached hydrogen (secondary N) is 1. The van der Waals surface area contributed by atoms with E-state index in [0.717, 1.165) is 22.0 Å². The van der Waals surface area contributed by atoms with Crippen molar-refractivity contribution in [3.05, 3.63) is 47.8 Å². The third-order valence-electron chi connectivity index (χ3n) is 3.23. The number of methoxy groups -OCH3 is 2. The first-order valence-electron chi connectivity index (χ1n) is 6.70. The summed E-state index contributed by atoms with van der Waals surface area (Å²) in [5.74, 6) is -0.211. The van der Waals surface area contributed by atoms with E-state index in [4.69, 9.17) is 9.47 Å². The molecular weight excluding hydrogens is 319 g/mol. The van der Waals surface area contributed by atoms with E-state index in [1.165, 1.54) is 30.6 Å². The summed E-state index contributed by atoms with van der Waals surface area (Å²) in [6, 6.07) is 9.49. The van der Waals surface area contributed by atoms with Crippen LogP contribution in [0.15, 0.2) is 36.4 Å². The molecule has 0 atom stereocenters. The molecule has 0 unspecified atom stereocenters. The Morgan fingerprint density at radius 2 is 2.00 bits per heavy atom. The van der Waals surface area contributed by atoms with E-state index in [1.807, 2.05) is 12.1 Å². The molecule has 0 aliphatic carbocycles. The number of carbonyl (C=O) groups excluding carboxylic acids is 1. The molecule has 7 heteroatoms. The zero-order valence-corrected chi connectivity index (χ0v) is 13.2. The molecule has 3 rings (SSSR count). The number of fused-ring (bicyclic) bond motifs is 1. The van der Waals surface area contributed by atoms with Crippen molar-refractivity contribution in [1.29, 1.82) is 0 Å². The van der Waals surface area contributed by atoms with Crippen LogP contribution >= 0.6 is 11.3 Å². The molecule has 5 nitrogen and oxygen atoms in total. The van der Waals surface area contributed by atoms with Crippen molar-refractivity contribution in [1.82, 2.24) is 4.98 Å². The number of hydrogen-bond acceptors (Lipinski definition) is 5. The van der Waals surface area contributed by atoms with Crippen LogP contribution in [0.25, 0.3) is 10.2 Å². The second-order valence-corrected chi connectivity index (χ2v) is 5.69. The normalized spacial score (nSPS) is 10.6. The Labute approximate surface area is 135 Å². The van der Waals surface area contributed by atoms with Gasteiger partial charge in [-0.3, -0.25) is 10.1 Å². The van der Waals surface area contributed by atoms with Gasteiger partial charge in [-0.15, -0.1) is 0 Å². The average molecular weight is 332 g/mol. The van der Waals surface area contributed by atoms with E-state index in [9.17, 15) is 9.18 Å². The van der Waals surface area contributed by atoms with Gasteiger partial charge in [0.25, 0.3) is 5.91 Å². The summed E-state index contributed by atoms with van der Waals surface area (Å²) in [6.45, 7) is 0. The molecule has 0 saturated heterocycles. The fourth-order valence-corrected chi connectivity index (χ4v) is 2.95. The topological polar surface area (TPSA) is 60.5 Å². The maximum absolute atomic E-state index is 13.7. The summed E-state index contributed by atoms with van der Waals surface area (Å²) in [5, 5.41) is 3.11. The van der Waals surface area contributed by atoms with Crippen LogP contribution in [-0.2, 0) is 0 Å². The molecule has 1 amide bonds. The Balaban J connectivity index is 1.83. The molecule has 3 aromatic rings. The number of thiazole rings is 1. The summed E-state index contributed by atoms with van der Waals surface area (Å²) >= 11 is 1.32.